The number of hydrogen-bond acceptors (Lipinski definition) is 2. The fraction of sp³-hybridized carbons (Fsp3) is 0.889. The first kappa shape index (κ1) is 9.90. The van der Waals surface area contributed by atoms with E-state index in [0.29, 0.717) is 5.91 Å². The van der Waals surface area contributed by atoms with Gasteiger partial charge in [-0.15, -0.1) is 0 Å². The zero-order valence-electron chi connectivity index (χ0n) is 7.46. The molecule has 0 N–H and O–H groups in total. The van der Waals surface area contributed by atoms with Crippen LogP contribution in [0.5, 0.6) is 0 Å². The largest absolute Gasteiger partial charge is 0.343 e. The van der Waals surface area contributed by atoms with Crippen LogP contribution in [-0.4, -0.2) is 29.6 Å². The molecule has 0 saturated carbocycles. The minimum absolute atomic E-state index is 0.342. The third-order valence-electron chi connectivity index (χ3n) is 2.26. The number of nitrogens with zero attached hydrogens (tertiary/aromatic N) is 1. The van der Waals surface area contributed by atoms with Crippen molar-refractivity contribution in [2.75, 3.05) is 18.8 Å². The van der Waals surface area contributed by atoms with Gasteiger partial charge < -0.3 is 4.90 Å². The molecule has 3 heteroatoms. The van der Waals surface area contributed by atoms with E-state index in [-0.39, 0.29) is 0 Å². The van der Waals surface area contributed by atoms with E-state index in [2.05, 4.69) is 12.6 Å². The number of rotatable bonds is 3. The first-order chi connectivity index (χ1) is 5.84. The zero-order chi connectivity index (χ0) is 8.81. The first-order valence-electron chi connectivity index (χ1n) is 4.73. The smallest absolute Gasteiger partial charge is 0.222 e. The minimum atomic E-state index is 0.342. The van der Waals surface area contributed by atoms with Gasteiger partial charge in [0.05, 0.1) is 0 Å². The van der Waals surface area contributed by atoms with Crippen LogP contribution in [0.25, 0.3) is 0 Å². The molecule has 0 unspecified atom stereocenters. The molecular weight excluding hydrogens is 170 g/mol. The van der Waals surface area contributed by atoms with Gasteiger partial charge >= 0.3 is 0 Å². The van der Waals surface area contributed by atoms with Gasteiger partial charge in [0.25, 0.3) is 0 Å². The minimum Gasteiger partial charge on any atom is -0.343 e. The molecule has 1 heterocycles. The average molecular weight is 187 g/mol. The number of carbonyl (C=O) groups excluding carboxylic acids is 1. The van der Waals surface area contributed by atoms with Gasteiger partial charge in [-0.25, -0.2) is 0 Å². The molecule has 0 spiro atoms. The molecule has 1 fully saturated rings. The topological polar surface area (TPSA) is 20.3 Å². The van der Waals surface area contributed by atoms with Gasteiger partial charge in [0.2, 0.25) is 5.91 Å². The van der Waals surface area contributed by atoms with Crippen LogP contribution in [0.4, 0.5) is 0 Å². The van der Waals surface area contributed by atoms with Gasteiger partial charge in [0, 0.05) is 19.5 Å². The lowest BCUT2D eigenvalue weighted by Gasteiger charge is -2.19. The third kappa shape index (κ3) is 3.05. The Labute approximate surface area is 79.7 Å². The van der Waals surface area contributed by atoms with Crippen molar-refractivity contribution in [3.8, 4) is 0 Å². The van der Waals surface area contributed by atoms with E-state index in [0.717, 1.165) is 38.1 Å². The maximum Gasteiger partial charge on any atom is 0.222 e. The molecule has 1 aliphatic heterocycles. The molecule has 0 radical (unpaired) electrons. The Hall–Kier alpha value is -0.180. The van der Waals surface area contributed by atoms with Gasteiger partial charge in [0.1, 0.15) is 0 Å². The molecular formula is C9H17NOS. The van der Waals surface area contributed by atoms with Crippen molar-refractivity contribution in [3.05, 3.63) is 0 Å². The monoisotopic (exact) mass is 187 g/mol. The quantitative estimate of drug-likeness (QED) is 0.667. The van der Waals surface area contributed by atoms with Crippen molar-refractivity contribution in [1.29, 1.82) is 0 Å². The van der Waals surface area contributed by atoms with Crippen molar-refractivity contribution < 1.29 is 4.79 Å². The molecule has 1 amide bonds. The summed E-state index contributed by atoms with van der Waals surface area (Å²) in [7, 11) is 0. The predicted octanol–water partition coefficient (Wildman–Crippen LogP) is 1.71. The van der Waals surface area contributed by atoms with E-state index >= 15 is 0 Å². The molecule has 0 aliphatic carbocycles. The van der Waals surface area contributed by atoms with Crippen LogP contribution < -0.4 is 0 Å². The van der Waals surface area contributed by atoms with Crippen molar-refractivity contribution in [3.63, 3.8) is 0 Å². The van der Waals surface area contributed by atoms with Crippen LogP contribution in [0.15, 0.2) is 0 Å². The maximum absolute atomic E-state index is 11.4. The summed E-state index contributed by atoms with van der Waals surface area (Å²) >= 11 is 4.14. The lowest BCUT2D eigenvalue weighted by atomic mass is 10.2. The second-order valence-corrected chi connectivity index (χ2v) is 3.72. The van der Waals surface area contributed by atoms with Gasteiger partial charge in [-0.05, 0) is 25.0 Å². The van der Waals surface area contributed by atoms with Gasteiger partial charge in [0.15, 0.2) is 0 Å². The molecule has 0 aromatic rings. The normalized spacial score (nSPS) is 19.4. The van der Waals surface area contributed by atoms with Crippen LogP contribution in [0.3, 0.4) is 0 Å². The molecule has 12 heavy (non-hydrogen) atoms. The molecule has 1 aliphatic rings. The fourth-order valence-electron chi connectivity index (χ4n) is 1.54. The van der Waals surface area contributed by atoms with E-state index < -0.39 is 0 Å². The number of carbonyl (C=O) groups is 1. The van der Waals surface area contributed by atoms with Gasteiger partial charge in [-0.3, -0.25) is 4.79 Å². The molecule has 70 valence electrons. The van der Waals surface area contributed by atoms with E-state index in [9.17, 15) is 4.79 Å². The van der Waals surface area contributed by atoms with Gasteiger partial charge in [-0.1, -0.05) is 6.42 Å². The van der Waals surface area contributed by atoms with Crippen LogP contribution in [0.1, 0.15) is 32.1 Å². The average Bonchev–Trinajstić information content (AvgIpc) is 2.27. The highest BCUT2D eigenvalue weighted by Crippen LogP contribution is 2.11. The van der Waals surface area contributed by atoms with Crippen molar-refractivity contribution in [2.45, 2.75) is 32.1 Å². The Kier molecular flexibility index (Phi) is 4.51. The highest BCUT2D eigenvalue weighted by atomic mass is 32.1. The number of hydrogen-bond donors (Lipinski definition) is 1. The summed E-state index contributed by atoms with van der Waals surface area (Å²) in [5.41, 5.74) is 0. The first-order valence-corrected chi connectivity index (χ1v) is 5.36. The Morgan fingerprint density at radius 1 is 1.33 bits per heavy atom. The lowest BCUT2D eigenvalue weighted by Crippen LogP contribution is -2.31. The molecule has 1 saturated heterocycles. The molecule has 0 aromatic heterocycles. The summed E-state index contributed by atoms with van der Waals surface area (Å²) in [5, 5.41) is 0. The van der Waals surface area contributed by atoms with Crippen LogP contribution >= 0.6 is 12.6 Å². The Balaban J connectivity index is 2.31. The molecule has 0 aromatic carbocycles. The highest BCUT2D eigenvalue weighted by molar-refractivity contribution is 7.80. The third-order valence-corrected chi connectivity index (χ3v) is 2.57. The second kappa shape index (κ2) is 5.46. The maximum atomic E-state index is 11.4. The van der Waals surface area contributed by atoms with E-state index in [1.54, 1.807) is 0 Å². The molecule has 0 bridgehead atoms. The fourth-order valence-corrected chi connectivity index (χ4v) is 1.68. The summed E-state index contributed by atoms with van der Waals surface area (Å²) in [6, 6.07) is 0. The number of thiol groups is 1. The number of amides is 1. The SMILES string of the molecule is O=C1CCCCCN1CCCS. The summed E-state index contributed by atoms with van der Waals surface area (Å²) in [6.45, 7) is 1.87. The lowest BCUT2D eigenvalue weighted by molar-refractivity contribution is -0.130. The van der Waals surface area contributed by atoms with Crippen molar-refractivity contribution in [1.82, 2.24) is 4.90 Å². The number of likely N-dealkylation sites (tertiary alicyclic amines) is 1. The highest BCUT2D eigenvalue weighted by Gasteiger charge is 2.14. The summed E-state index contributed by atoms with van der Waals surface area (Å²) < 4.78 is 0. The summed E-state index contributed by atoms with van der Waals surface area (Å²) in [5.74, 6) is 1.22. The van der Waals surface area contributed by atoms with E-state index in [1.807, 2.05) is 4.90 Å². The Morgan fingerprint density at radius 2 is 2.17 bits per heavy atom. The second-order valence-electron chi connectivity index (χ2n) is 3.27. The standard InChI is InChI=1S/C9H17NOS/c11-9-5-2-1-3-6-10(9)7-4-8-12/h12H,1-8H2. The zero-order valence-corrected chi connectivity index (χ0v) is 8.35. The van der Waals surface area contributed by atoms with Gasteiger partial charge in [-0.2, -0.15) is 12.6 Å². The van der Waals surface area contributed by atoms with E-state index in [4.69, 9.17) is 0 Å². The van der Waals surface area contributed by atoms with Crippen molar-refractivity contribution >= 4 is 18.5 Å². The Bertz CT molecular complexity index is 149. The van der Waals surface area contributed by atoms with E-state index in [1.165, 1.54) is 12.8 Å². The predicted molar refractivity (Wildman–Crippen MR) is 53.5 cm³/mol. The molecule has 0 atom stereocenters. The van der Waals surface area contributed by atoms with Crippen LogP contribution in [0.2, 0.25) is 0 Å². The van der Waals surface area contributed by atoms with Crippen LogP contribution in [-0.2, 0) is 4.79 Å². The molecule has 2 nitrogen and oxygen atoms in total. The summed E-state index contributed by atoms with van der Waals surface area (Å²) in [6.07, 6.45) is 5.25. The summed E-state index contributed by atoms with van der Waals surface area (Å²) in [4.78, 5) is 13.4. The van der Waals surface area contributed by atoms with Crippen molar-refractivity contribution in [2.24, 2.45) is 0 Å². The molecule has 1 rings (SSSR count). The Morgan fingerprint density at radius 3 is 2.92 bits per heavy atom. The van der Waals surface area contributed by atoms with Crippen LogP contribution in [0, 0.1) is 0 Å².